The van der Waals surface area contributed by atoms with Crippen LogP contribution in [0.5, 0.6) is 5.75 Å². The Morgan fingerprint density at radius 2 is 1.84 bits per heavy atom. The summed E-state index contributed by atoms with van der Waals surface area (Å²) in [6, 6.07) is 13.7. The SMILES string of the molecule is C=C(/C=C(/C(C)=O)N(C)c1ccc(OC)cc1)c1ccc(C#N)c(F)c1.CCC(C)CCCC(N)CC. The van der Waals surface area contributed by atoms with Crippen LogP contribution in [-0.4, -0.2) is 26.0 Å². The molecule has 2 N–H and O–H groups in total. The maximum atomic E-state index is 13.8. The zero-order chi connectivity index (χ0) is 28.0. The number of nitrogens with zero attached hydrogens (tertiary/aromatic N) is 2. The fourth-order valence-corrected chi connectivity index (χ4v) is 3.57. The molecule has 6 heteroatoms. The van der Waals surface area contributed by atoms with E-state index >= 15 is 0 Å². The number of rotatable bonds is 12. The first-order valence-corrected chi connectivity index (χ1v) is 12.8. The molecule has 0 bridgehead atoms. The number of hydrogen-bond donors (Lipinski definition) is 1. The summed E-state index contributed by atoms with van der Waals surface area (Å²) in [6.45, 7) is 12.1. The molecule has 2 aromatic carbocycles. The Morgan fingerprint density at radius 1 is 1.19 bits per heavy atom. The number of carbonyl (C=O) groups is 1. The Morgan fingerprint density at radius 3 is 2.32 bits per heavy atom. The van der Waals surface area contributed by atoms with Gasteiger partial charge in [-0.25, -0.2) is 4.39 Å². The quantitative estimate of drug-likeness (QED) is 0.241. The number of carbonyl (C=O) groups excluding carboxylic acids is 1. The molecule has 5 nitrogen and oxygen atoms in total. The van der Waals surface area contributed by atoms with Crippen LogP contribution in [0.3, 0.4) is 0 Å². The summed E-state index contributed by atoms with van der Waals surface area (Å²) in [5.41, 5.74) is 7.95. The first kappa shape index (κ1) is 31.6. The van der Waals surface area contributed by atoms with Crippen molar-refractivity contribution >= 4 is 17.0 Å². The van der Waals surface area contributed by atoms with Gasteiger partial charge in [-0.2, -0.15) is 5.26 Å². The molecule has 2 atom stereocenters. The average molecular weight is 508 g/mol. The van der Waals surface area contributed by atoms with Gasteiger partial charge in [-0.3, -0.25) is 4.79 Å². The zero-order valence-corrected chi connectivity index (χ0v) is 23.2. The molecule has 0 aliphatic carbocycles. The van der Waals surface area contributed by atoms with Gasteiger partial charge in [0.15, 0.2) is 5.78 Å². The van der Waals surface area contributed by atoms with Crippen LogP contribution in [0.1, 0.15) is 70.9 Å². The van der Waals surface area contributed by atoms with Crippen LogP contribution in [0.15, 0.2) is 60.8 Å². The maximum absolute atomic E-state index is 13.8. The van der Waals surface area contributed by atoms with E-state index in [4.69, 9.17) is 15.7 Å². The van der Waals surface area contributed by atoms with Gasteiger partial charge in [0.25, 0.3) is 0 Å². The molecule has 0 saturated heterocycles. The Hall–Kier alpha value is -3.43. The lowest BCUT2D eigenvalue weighted by molar-refractivity contribution is -0.113. The Balaban J connectivity index is 0.000000525. The monoisotopic (exact) mass is 507 g/mol. The zero-order valence-electron chi connectivity index (χ0n) is 23.2. The van der Waals surface area contributed by atoms with Crippen molar-refractivity contribution in [2.24, 2.45) is 11.7 Å². The van der Waals surface area contributed by atoms with E-state index in [2.05, 4.69) is 27.4 Å². The number of ether oxygens (including phenoxy) is 1. The molecule has 0 heterocycles. The largest absolute Gasteiger partial charge is 0.497 e. The lowest BCUT2D eigenvalue weighted by atomic mass is 9.99. The van der Waals surface area contributed by atoms with Gasteiger partial charge in [0, 0.05) is 25.7 Å². The third kappa shape index (κ3) is 10.6. The number of nitrogens with two attached hydrogens (primary N) is 1. The summed E-state index contributed by atoms with van der Waals surface area (Å²) in [5.74, 6) is 0.832. The van der Waals surface area contributed by atoms with E-state index in [9.17, 15) is 9.18 Å². The minimum absolute atomic E-state index is 0.0346. The summed E-state index contributed by atoms with van der Waals surface area (Å²) in [5, 5.41) is 8.82. The molecule has 2 rings (SSSR count). The Bertz CT molecular complexity index is 1080. The van der Waals surface area contributed by atoms with E-state index in [-0.39, 0.29) is 11.3 Å². The number of hydrogen-bond acceptors (Lipinski definition) is 5. The molecule has 200 valence electrons. The second-order valence-electron chi connectivity index (χ2n) is 9.29. The summed E-state index contributed by atoms with van der Waals surface area (Å²) in [4.78, 5) is 13.9. The van der Waals surface area contributed by atoms with Crippen LogP contribution in [-0.2, 0) is 4.79 Å². The van der Waals surface area contributed by atoms with E-state index in [1.165, 1.54) is 44.7 Å². The number of Topliss-reactive ketones (excluding diaryl/α,β-unsaturated/α-hetero) is 1. The van der Waals surface area contributed by atoms with Gasteiger partial charge in [0.1, 0.15) is 17.6 Å². The number of nitriles is 1. The number of methoxy groups -OCH3 is 1. The van der Waals surface area contributed by atoms with Crippen molar-refractivity contribution in [2.45, 2.75) is 65.8 Å². The number of benzene rings is 2. The van der Waals surface area contributed by atoms with Crippen molar-refractivity contribution in [3.63, 3.8) is 0 Å². The van der Waals surface area contributed by atoms with Crippen LogP contribution in [0.2, 0.25) is 0 Å². The molecule has 2 aromatic rings. The molecule has 0 aliphatic heterocycles. The molecule has 0 saturated carbocycles. The van der Waals surface area contributed by atoms with E-state index in [1.807, 2.05) is 12.1 Å². The first-order valence-electron chi connectivity index (χ1n) is 12.8. The second-order valence-corrected chi connectivity index (χ2v) is 9.29. The molecule has 0 aromatic heterocycles. The van der Waals surface area contributed by atoms with Crippen LogP contribution in [0, 0.1) is 23.1 Å². The lowest BCUT2D eigenvalue weighted by Crippen LogP contribution is -2.21. The van der Waals surface area contributed by atoms with Crippen LogP contribution in [0.4, 0.5) is 10.1 Å². The molecule has 0 amide bonds. The average Bonchev–Trinajstić information content (AvgIpc) is 2.91. The van der Waals surface area contributed by atoms with Crippen molar-refractivity contribution in [1.82, 2.24) is 0 Å². The summed E-state index contributed by atoms with van der Waals surface area (Å²) in [6.07, 6.45) is 7.91. The summed E-state index contributed by atoms with van der Waals surface area (Å²) in [7, 11) is 3.35. The standard InChI is InChI=1S/C21H19FN2O2.C10H23N/c1-14(16-5-6-17(13-23)20(22)12-16)11-21(15(2)25)24(3)18-7-9-19(26-4)10-8-18;1-4-9(3)7-6-8-10(11)5-2/h5-12H,1H2,2-4H3;9-10H,4-8,11H2,1-3H3/b21-11-;. The van der Waals surface area contributed by atoms with Crippen molar-refractivity contribution in [3.05, 3.63) is 77.8 Å². The fourth-order valence-electron chi connectivity index (χ4n) is 3.57. The highest BCUT2D eigenvalue weighted by atomic mass is 19.1. The lowest BCUT2D eigenvalue weighted by Gasteiger charge is -2.21. The van der Waals surface area contributed by atoms with E-state index in [1.54, 1.807) is 49.4 Å². The summed E-state index contributed by atoms with van der Waals surface area (Å²) >= 11 is 0. The molecule has 0 fully saturated rings. The molecule has 0 radical (unpaired) electrons. The van der Waals surface area contributed by atoms with Crippen molar-refractivity contribution in [1.29, 1.82) is 5.26 Å². The van der Waals surface area contributed by atoms with E-state index in [0.717, 1.165) is 18.0 Å². The van der Waals surface area contributed by atoms with Crippen molar-refractivity contribution in [3.8, 4) is 11.8 Å². The highest BCUT2D eigenvalue weighted by Gasteiger charge is 2.14. The number of halogens is 1. The third-order valence-corrected chi connectivity index (χ3v) is 6.45. The highest BCUT2D eigenvalue weighted by Crippen LogP contribution is 2.25. The molecular weight excluding hydrogens is 465 g/mol. The maximum Gasteiger partial charge on any atom is 0.176 e. The van der Waals surface area contributed by atoms with Crippen LogP contribution in [0.25, 0.3) is 5.57 Å². The number of ketones is 1. The normalized spacial score (nSPS) is 12.5. The Kier molecular flexibility index (Phi) is 14.0. The molecule has 37 heavy (non-hydrogen) atoms. The van der Waals surface area contributed by atoms with Gasteiger partial charge >= 0.3 is 0 Å². The van der Waals surface area contributed by atoms with Gasteiger partial charge in [0.2, 0.25) is 0 Å². The minimum atomic E-state index is -0.618. The van der Waals surface area contributed by atoms with Crippen molar-refractivity contribution < 1.29 is 13.9 Å². The number of allylic oxidation sites excluding steroid dienone is 3. The highest BCUT2D eigenvalue weighted by molar-refractivity contribution is 5.99. The molecule has 0 aliphatic rings. The van der Waals surface area contributed by atoms with Crippen molar-refractivity contribution in [2.75, 3.05) is 19.1 Å². The summed E-state index contributed by atoms with van der Waals surface area (Å²) < 4.78 is 19.0. The van der Waals surface area contributed by atoms with E-state index < -0.39 is 5.82 Å². The van der Waals surface area contributed by atoms with Crippen LogP contribution < -0.4 is 15.4 Å². The number of anilines is 1. The Labute approximate surface area is 222 Å². The van der Waals surface area contributed by atoms with Crippen LogP contribution >= 0.6 is 0 Å². The van der Waals surface area contributed by atoms with Gasteiger partial charge in [-0.1, -0.05) is 52.7 Å². The number of likely N-dealkylation sites (N-methyl/N-ethyl adjacent to an activating group) is 1. The molecule has 2 unspecified atom stereocenters. The molecular formula is C31H42FN3O2. The van der Waals surface area contributed by atoms with E-state index in [0.29, 0.717) is 28.6 Å². The molecule has 0 spiro atoms. The first-order chi connectivity index (χ1) is 17.6. The predicted octanol–water partition coefficient (Wildman–Crippen LogP) is 7.27. The van der Waals surface area contributed by atoms with Gasteiger partial charge in [0.05, 0.1) is 18.4 Å². The van der Waals surface area contributed by atoms with Gasteiger partial charge in [-0.15, -0.1) is 0 Å². The second kappa shape index (κ2) is 16.3. The minimum Gasteiger partial charge on any atom is -0.497 e. The van der Waals surface area contributed by atoms with Gasteiger partial charge < -0.3 is 15.4 Å². The topological polar surface area (TPSA) is 79.3 Å². The third-order valence-electron chi connectivity index (χ3n) is 6.45. The predicted molar refractivity (Wildman–Crippen MR) is 152 cm³/mol. The smallest absolute Gasteiger partial charge is 0.176 e. The van der Waals surface area contributed by atoms with Gasteiger partial charge in [-0.05, 0) is 72.4 Å². The fraction of sp³-hybridized carbons (Fsp3) is 0.419.